The summed E-state index contributed by atoms with van der Waals surface area (Å²) in [5.41, 5.74) is 6.95. The number of pyridine rings is 1. The maximum atomic E-state index is 13.6. The molecule has 0 unspecified atom stereocenters. The Kier molecular flexibility index (Phi) is 10.3. The van der Waals surface area contributed by atoms with Gasteiger partial charge in [0.15, 0.2) is 5.13 Å². The van der Waals surface area contributed by atoms with Gasteiger partial charge >= 0.3 is 12.1 Å². The van der Waals surface area contributed by atoms with Gasteiger partial charge in [0, 0.05) is 55.9 Å². The molecule has 14 heteroatoms. The van der Waals surface area contributed by atoms with Crippen LogP contribution in [0.15, 0.2) is 67.0 Å². The normalized spacial score (nSPS) is 13.5. The van der Waals surface area contributed by atoms with Crippen LogP contribution in [0, 0.1) is 6.92 Å². The Morgan fingerprint density at radius 3 is 2.49 bits per heavy atom. The zero-order chi connectivity index (χ0) is 31.0. The number of nitrogens with one attached hydrogen (secondary N) is 3. The number of aromatic nitrogens is 2. The number of carboxylic acid groups (broad SMARTS) is 1. The number of hydrogen-bond acceptors (Lipinski definition) is 9. The molecule has 4 aromatic rings. The Morgan fingerprint density at radius 2 is 1.86 bits per heavy atom. The summed E-state index contributed by atoms with van der Waals surface area (Å²) in [5, 5.41) is 17.8. The molecule has 10 nitrogen and oxygen atoms in total. The fourth-order valence-corrected chi connectivity index (χ4v) is 4.79. The third kappa shape index (κ3) is 8.98. The molecule has 1 aliphatic rings. The molecular formula is C29H30F3N7O3S. The first-order valence-electron chi connectivity index (χ1n) is 13.2. The predicted molar refractivity (Wildman–Crippen MR) is 160 cm³/mol. The predicted octanol–water partition coefficient (Wildman–Crippen LogP) is 5.23. The number of anilines is 4. The van der Waals surface area contributed by atoms with E-state index in [0.717, 1.165) is 36.1 Å². The van der Waals surface area contributed by atoms with Crippen molar-refractivity contribution < 1.29 is 27.9 Å². The van der Waals surface area contributed by atoms with Crippen LogP contribution in [0.3, 0.4) is 0 Å². The number of aryl methyl sites for hydroxylation is 1. The highest BCUT2D eigenvalue weighted by molar-refractivity contribution is 7.17. The van der Waals surface area contributed by atoms with Crippen LogP contribution in [0.2, 0.25) is 0 Å². The molecule has 1 amide bonds. The smallest absolute Gasteiger partial charge is 0.416 e. The lowest BCUT2D eigenvalue weighted by Gasteiger charge is -2.28. The van der Waals surface area contributed by atoms with E-state index in [9.17, 15) is 22.8 Å². The number of aromatic carboxylic acids is 1. The van der Waals surface area contributed by atoms with Crippen LogP contribution in [0.1, 0.15) is 36.7 Å². The van der Waals surface area contributed by atoms with Gasteiger partial charge in [0.2, 0.25) is 0 Å². The maximum absolute atomic E-state index is 13.6. The third-order valence-electron chi connectivity index (χ3n) is 6.43. The molecule has 2 aromatic heterocycles. The van der Waals surface area contributed by atoms with Gasteiger partial charge in [-0.25, -0.2) is 14.8 Å². The molecule has 0 radical (unpaired) electrons. The zero-order valence-corrected chi connectivity index (χ0v) is 23.9. The number of piperazine rings is 1. The summed E-state index contributed by atoms with van der Waals surface area (Å²) in [6.07, 6.45) is -1.54. The number of carbonyl (C=O) groups is 2. The van der Waals surface area contributed by atoms with Gasteiger partial charge in [-0.2, -0.15) is 13.2 Å². The summed E-state index contributed by atoms with van der Waals surface area (Å²) in [6.45, 7) is 4.95. The first kappa shape index (κ1) is 31.4. The van der Waals surface area contributed by atoms with E-state index in [-0.39, 0.29) is 22.7 Å². The van der Waals surface area contributed by atoms with E-state index >= 15 is 0 Å². The molecule has 1 aliphatic heterocycles. The Balaban J connectivity index is 0.000000237. The minimum Gasteiger partial charge on any atom is -0.477 e. The fraction of sp³-hybridized carbons (Fsp3) is 0.241. The number of nitrogens with zero attached hydrogens (tertiary/aromatic N) is 3. The number of amides is 1. The van der Waals surface area contributed by atoms with Gasteiger partial charge < -0.3 is 26.8 Å². The number of carbonyl (C=O) groups excluding carboxylic acids is 1. The second kappa shape index (κ2) is 14.1. The number of halogens is 3. The number of benzene rings is 2. The lowest BCUT2D eigenvalue weighted by atomic mass is 10.0. The Hall–Kier alpha value is -4.53. The van der Waals surface area contributed by atoms with Crippen molar-refractivity contribution in [1.82, 2.24) is 20.2 Å². The SMILES string of the molecule is Cc1ccc(C(=O)Nc2ccc(CN3CCNCC3)c(C(F)(F)F)c2)cc1N.O=C(O)c1cnc(Nc2ccccn2)s1. The Bertz CT molecular complexity index is 1560. The number of nitrogen functional groups attached to an aromatic ring is 1. The molecule has 3 heterocycles. The summed E-state index contributed by atoms with van der Waals surface area (Å²) in [6, 6.07) is 14.1. The topological polar surface area (TPSA) is 146 Å². The largest absolute Gasteiger partial charge is 0.477 e. The highest BCUT2D eigenvalue weighted by Crippen LogP contribution is 2.34. The van der Waals surface area contributed by atoms with Gasteiger partial charge in [-0.3, -0.25) is 9.69 Å². The number of alkyl halides is 3. The Labute approximate surface area is 249 Å². The molecule has 1 fully saturated rings. The van der Waals surface area contributed by atoms with Crippen molar-refractivity contribution >= 4 is 45.5 Å². The van der Waals surface area contributed by atoms with Crippen LogP contribution < -0.4 is 21.7 Å². The van der Waals surface area contributed by atoms with Gasteiger partial charge in [-0.1, -0.05) is 29.5 Å². The number of rotatable bonds is 7. The fourth-order valence-electron chi connectivity index (χ4n) is 4.13. The number of carboxylic acids is 1. The van der Waals surface area contributed by atoms with Crippen LogP contribution in [0.25, 0.3) is 0 Å². The van der Waals surface area contributed by atoms with Gasteiger partial charge in [-0.15, -0.1) is 0 Å². The van der Waals surface area contributed by atoms with Crippen molar-refractivity contribution in [2.24, 2.45) is 0 Å². The molecule has 2 aromatic carbocycles. The summed E-state index contributed by atoms with van der Waals surface area (Å²) >= 11 is 1.07. The van der Waals surface area contributed by atoms with Crippen molar-refractivity contribution in [3.63, 3.8) is 0 Å². The molecule has 6 N–H and O–H groups in total. The first-order chi connectivity index (χ1) is 20.5. The molecule has 226 valence electrons. The van der Waals surface area contributed by atoms with E-state index in [1.807, 2.05) is 17.9 Å². The van der Waals surface area contributed by atoms with Crippen molar-refractivity contribution in [2.45, 2.75) is 19.6 Å². The number of nitrogens with two attached hydrogens (primary N) is 1. The van der Waals surface area contributed by atoms with Gasteiger partial charge in [0.1, 0.15) is 10.7 Å². The lowest BCUT2D eigenvalue weighted by molar-refractivity contribution is -0.138. The van der Waals surface area contributed by atoms with E-state index in [0.29, 0.717) is 35.3 Å². The van der Waals surface area contributed by atoms with Crippen LogP contribution in [-0.4, -0.2) is 58.0 Å². The van der Waals surface area contributed by atoms with E-state index in [2.05, 4.69) is 25.9 Å². The van der Waals surface area contributed by atoms with Crippen molar-refractivity contribution in [3.8, 4) is 0 Å². The highest BCUT2D eigenvalue weighted by atomic mass is 32.1. The zero-order valence-electron chi connectivity index (χ0n) is 23.1. The molecule has 1 saturated heterocycles. The van der Waals surface area contributed by atoms with Crippen LogP contribution in [0.4, 0.5) is 35.5 Å². The summed E-state index contributed by atoms with van der Waals surface area (Å²) < 4.78 is 40.7. The molecule has 0 aliphatic carbocycles. The van der Waals surface area contributed by atoms with E-state index < -0.39 is 23.6 Å². The third-order valence-corrected chi connectivity index (χ3v) is 7.34. The molecule has 5 rings (SSSR count). The molecular weight excluding hydrogens is 583 g/mol. The van der Waals surface area contributed by atoms with E-state index in [1.165, 1.54) is 24.4 Å². The van der Waals surface area contributed by atoms with Gasteiger partial charge in [0.05, 0.1) is 11.8 Å². The lowest BCUT2D eigenvalue weighted by Crippen LogP contribution is -2.43. The molecule has 0 saturated carbocycles. The van der Waals surface area contributed by atoms with E-state index in [1.54, 1.807) is 30.5 Å². The van der Waals surface area contributed by atoms with Crippen LogP contribution in [0.5, 0.6) is 0 Å². The first-order valence-corrected chi connectivity index (χ1v) is 14.0. The summed E-state index contributed by atoms with van der Waals surface area (Å²) in [5.74, 6) is -0.833. The molecule has 0 bridgehead atoms. The Morgan fingerprint density at radius 1 is 1.09 bits per heavy atom. The average Bonchev–Trinajstić information content (AvgIpc) is 3.45. The summed E-state index contributed by atoms with van der Waals surface area (Å²) in [7, 11) is 0. The van der Waals surface area contributed by atoms with E-state index in [4.69, 9.17) is 10.8 Å². The standard InChI is InChI=1S/C20H23F3N4O.C9H7N3O2S/c1-13-2-3-14(10-18(13)24)19(28)26-16-5-4-15(17(11-16)20(21,22)23)12-27-8-6-25-7-9-27;13-8(14)6-5-11-9(15-6)12-7-3-1-2-4-10-7/h2-5,10-11,25H,6-9,12,24H2,1H3,(H,26,28);1-5H,(H,13,14)(H,10,11,12). The maximum Gasteiger partial charge on any atom is 0.416 e. The molecule has 43 heavy (non-hydrogen) atoms. The quantitative estimate of drug-likeness (QED) is 0.177. The van der Waals surface area contributed by atoms with Crippen LogP contribution >= 0.6 is 11.3 Å². The molecule has 0 spiro atoms. The van der Waals surface area contributed by atoms with Gasteiger partial charge in [0.25, 0.3) is 5.91 Å². The average molecular weight is 614 g/mol. The van der Waals surface area contributed by atoms with Crippen molar-refractivity contribution in [1.29, 1.82) is 0 Å². The molecule has 0 atom stereocenters. The van der Waals surface area contributed by atoms with Crippen molar-refractivity contribution in [3.05, 3.63) is 94.1 Å². The van der Waals surface area contributed by atoms with Crippen molar-refractivity contribution in [2.75, 3.05) is 42.5 Å². The van der Waals surface area contributed by atoms with Gasteiger partial charge in [-0.05, 0) is 54.4 Å². The van der Waals surface area contributed by atoms with Crippen LogP contribution in [-0.2, 0) is 12.7 Å². The second-order valence-corrected chi connectivity index (χ2v) is 10.6. The minimum atomic E-state index is -4.50. The second-order valence-electron chi connectivity index (χ2n) is 9.60. The monoisotopic (exact) mass is 613 g/mol. The number of hydrogen-bond donors (Lipinski definition) is 5. The minimum absolute atomic E-state index is 0.0977. The summed E-state index contributed by atoms with van der Waals surface area (Å²) in [4.78, 5) is 33.1. The number of thiazole rings is 1. The highest BCUT2D eigenvalue weighted by Gasteiger charge is 2.34.